The first-order chi connectivity index (χ1) is 8.93. The lowest BCUT2D eigenvalue weighted by atomic mass is 10.1. The number of anilines is 2. The summed E-state index contributed by atoms with van der Waals surface area (Å²) in [6.45, 7) is 3.21. The van der Waals surface area contributed by atoms with Crippen molar-refractivity contribution in [1.82, 2.24) is 0 Å². The van der Waals surface area contributed by atoms with Gasteiger partial charge in [-0.05, 0) is 24.6 Å². The highest BCUT2D eigenvalue weighted by molar-refractivity contribution is 5.96. The monoisotopic (exact) mass is 267 g/mol. The van der Waals surface area contributed by atoms with Gasteiger partial charge in [0.05, 0.1) is 11.7 Å². The van der Waals surface area contributed by atoms with Crippen LogP contribution in [0.3, 0.4) is 0 Å². The van der Waals surface area contributed by atoms with Crippen LogP contribution in [0.4, 0.5) is 15.8 Å². The maximum Gasteiger partial charge on any atom is 0.241 e. The highest BCUT2D eigenvalue weighted by Gasteiger charge is 2.13. The average Bonchev–Trinajstić information content (AvgIpc) is 2.33. The molecule has 1 rings (SSSR count). The van der Waals surface area contributed by atoms with Crippen molar-refractivity contribution < 1.29 is 14.0 Å². The zero-order valence-corrected chi connectivity index (χ0v) is 11.0. The highest BCUT2D eigenvalue weighted by Crippen LogP contribution is 2.19. The van der Waals surface area contributed by atoms with Crippen molar-refractivity contribution in [3.05, 3.63) is 24.0 Å². The van der Waals surface area contributed by atoms with Gasteiger partial charge in [0.1, 0.15) is 5.82 Å². The Bertz CT molecular complexity index is 477. The fourth-order valence-electron chi connectivity index (χ4n) is 1.57. The summed E-state index contributed by atoms with van der Waals surface area (Å²) in [5, 5.41) is 4.93. The van der Waals surface area contributed by atoms with Gasteiger partial charge in [0.15, 0.2) is 0 Å². The molecular weight excluding hydrogens is 249 g/mol. The molecular formula is C13H18FN3O2. The molecule has 0 saturated heterocycles. The first-order valence-electron chi connectivity index (χ1n) is 6.07. The van der Waals surface area contributed by atoms with Gasteiger partial charge in [-0.2, -0.15) is 0 Å². The number of hydrogen-bond donors (Lipinski definition) is 3. The molecule has 0 fully saturated rings. The second kappa shape index (κ2) is 6.84. The van der Waals surface area contributed by atoms with E-state index < -0.39 is 11.9 Å². The number of nitrogens with one attached hydrogen (secondary N) is 2. The molecule has 0 radical (unpaired) electrons. The van der Waals surface area contributed by atoms with Crippen LogP contribution in [0.2, 0.25) is 0 Å². The Morgan fingerprint density at radius 2 is 2.05 bits per heavy atom. The molecule has 0 bridgehead atoms. The number of nitrogens with two attached hydrogens (primary N) is 1. The molecule has 0 aromatic heterocycles. The van der Waals surface area contributed by atoms with Gasteiger partial charge < -0.3 is 16.4 Å². The second-order valence-corrected chi connectivity index (χ2v) is 4.26. The normalized spacial score (nSPS) is 11.8. The van der Waals surface area contributed by atoms with Crippen LogP contribution in [-0.2, 0) is 9.59 Å². The van der Waals surface area contributed by atoms with Crippen LogP contribution in [0.25, 0.3) is 0 Å². The molecule has 1 aromatic carbocycles. The topological polar surface area (TPSA) is 84.2 Å². The number of rotatable bonds is 5. The zero-order chi connectivity index (χ0) is 14.4. The van der Waals surface area contributed by atoms with Crippen molar-refractivity contribution in [3.63, 3.8) is 0 Å². The number of carbonyl (C=O) groups excluding carboxylic acids is 2. The standard InChI is InChI=1S/C13H18FN3O2/c1-3-4-11(15)13(19)17-9-5-6-10(14)12(7-9)16-8(2)18/h5-7,11H,3-4,15H2,1-2H3,(H,16,18)(H,17,19). The number of benzene rings is 1. The molecule has 0 aliphatic carbocycles. The summed E-state index contributed by atoms with van der Waals surface area (Å²) in [6, 6.07) is 3.34. The fraction of sp³-hybridized carbons (Fsp3) is 0.385. The van der Waals surface area contributed by atoms with Crippen molar-refractivity contribution >= 4 is 23.2 Å². The first kappa shape index (κ1) is 15.1. The predicted octanol–water partition coefficient (Wildman–Crippen LogP) is 1.85. The van der Waals surface area contributed by atoms with Crippen LogP contribution in [-0.4, -0.2) is 17.9 Å². The van der Waals surface area contributed by atoms with E-state index in [-0.39, 0.29) is 17.5 Å². The maximum atomic E-state index is 13.4. The van der Waals surface area contributed by atoms with Gasteiger partial charge >= 0.3 is 0 Å². The summed E-state index contributed by atoms with van der Waals surface area (Å²) in [4.78, 5) is 22.6. The minimum Gasteiger partial charge on any atom is -0.325 e. The van der Waals surface area contributed by atoms with Crippen molar-refractivity contribution in [2.24, 2.45) is 5.73 Å². The molecule has 4 N–H and O–H groups in total. The molecule has 1 atom stereocenters. The van der Waals surface area contributed by atoms with Crippen LogP contribution >= 0.6 is 0 Å². The quantitative estimate of drug-likeness (QED) is 0.761. The molecule has 0 aliphatic heterocycles. The van der Waals surface area contributed by atoms with E-state index in [0.717, 1.165) is 6.42 Å². The Hall–Kier alpha value is -1.95. The number of amides is 2. The van der Waals surface area contributed by atoms with E-state index in [2.05, 4.69) is 10.6 Å². The number of hydrogen-bond acceptors (Lipinski definition) is 3. The third kappa shape index (κ3) is 4.67. The van der Waals surface area contributed by atoms with Crippen LogP contribution in [0.15, 0.2) is 18.2 Å². The average molecular weight is 267 g/mol. The Morgan fingerprint density at radius 1 is 1.37 bits per heavy atom. The SMILES string of the molecule is CCCC(N)C(=O)Nc1ccc(F)c(NC(C)=O)c1. The molecule has 6 heteroatoms. The molecule has 0 saturated carbocycles. The van der Waals surface area contributed by atoms with Crippen LogP contribution in [0.5, 0.6) is 0 Å². The summed E-state index contributed by atoms with van der Waals surface area (Å²) >= 11 is 0. The molecule has 0 heterocycles. The molecule has 1 unspecified atom stereocenters. The Morgan fingerprint density at radius 3 is 2.63 bits per heavy atom. The first-order valence-corrected chi connectivity index (χ1v) is 6.07. The van der Waals surface area contributed by atoms with E-state index in [1.54, 1.807) is 0 Å². The van der Waals surface area contributed by atoms with Crippen LogP contribution < -0.4 is 16.4 Å². The third-order valence-electron chi connectivity index (χ3n) is 2.48. The minimum absolute atomic E-state index is 0.0226. The summed E-state index contributed by atoms with van der Waals surface area (Å²) in [6.07, 6.45) is 1.38. The van der Waals surface area contributed by atoms with E-state index in [4.69, 9.17) is 5.73 Å². The van der Waals surface area contributed by atoms with E-state index in [1.807, 2.05) is 6.92 Å². The van der Waals surface area contributed by atoms with Gasteiger partial charge in [0, 0.05) is 12.6 Å². The van der Waals surface area contributed by atoms with Gasteiger partial charge in [0.2, 0.25) is 11.8 Å². The van der Waals surface area contributed by atoms with Crippen LogP contribution in [0, 0.1) is 5.82 Å². The zero-order valence-electron chi connectivity index (χ0n) is 11.0. The third-order valence-corrected chi connectivity index (χ3v) is 2.48. The van der Waals surface area contributed by atoms with Gasteiger partial charge in [0.25, 0.3) is 0 Å². The summed E-state index contributed by atoms with van der Waals surface area (Å²) in [7, 11) is 0. The van der Waals surface area contributed by atoms with Gasteiger partial charge in [-0.15, -0.1) is 0 Å². The summed E-state index contributed by atoms with van der Waals surface area (Å²) in [5.74, 6) is -1.28. The Kier molecular flexibility index (Phi) is 5.44. The van der Waals surface area contributed by atoms with E-state index in [0.29, 0.717) is 12.1 Å². The fourth-order valence-corrected chi connectivity index (χ4v) is 1.57. The largest absolute Gasteiger partial charge is 0.325 e. The Balaban J connectivity index is 2.79. The molecule has 19 heavy (non-hydrogen) atoms. The van der Waals surface area contributed by atoms with Gasteiger partial charge in [-0.25, -0.2) is 4.39 Å². The number of halogens is 1. The van der Waals surface area contributed by atoms with Gasteiger partial charge in [-0.1, -0.05) is 13.3 Å². The molecule has 1 aromatic rings. The van der Waals surface area contributed by atoms with E-state index in [1.165, 1.54) is 25.1 Å². The van der Waals surface area contributed by atoms with Gasteiger partial charge in [-0.3, -0.25) is 9.59 Å². The molecule has 0 aliphatic rings. The van der Waals surface area contributed by atoms with Crippen molar-refractivity contribution in [2.75, 3.05) is 10.6 Å². The molecule has 0 spiro atoms. The highest BCUT2D eigenvalue weighted by atomic mass is 19.1. The molecule has 104 valence electrons. The molecule has 2 amide bonds. The lowest BCUT2D eigenvalue weighted by Gasteiger charge is -2.12. The number of carbonyl (C=O) groups is 2. The van der Waals surface area contributed by atoms with Crippen molar-refractivity contribution in [1.29, 1.82) is 0 Å². The van der Waals surface area contributed by atoms with Crippen molar-refractivity contribution in [3.8, 4) is 0 Å². The Labute approximate surface area is 111 Å². The molecule has 5 nitrogen and oxygen atoms in total. The smallest absolute Gasteiger partial charge is 0.241 e. The summed E-state index contributed by atoms with van der Waals surface area (Å²) in [5.41, 5.74) is 6.08. The second-order valence-electron chi connectivity index (χ2n) is 4.26. The maximum absolute atomic E-state index is 13.4. The van der Waals surface area contributed by atoms with Crippen molar-refractivity contribution in [2.45, 2.75) is 32.7 Å². The lowest BCUT2D eigenvalue weighted by molar-refractivity contribution is -0.117. The summed E-state index contributed by atoms with van der Waals surface area (Å²) < 4.78 is 13.4. The van der Waals surface area contributed by atoms with E-state index in [9.17, 15) is 14.0 Å². The van der Waals surface area contributed by atoms with Crippen LogP contribution in [0.1, 0.15) is 26.7 Å². The minimum atomic E-state index is -0.598. The van der Waals surface area contributed by atoms with E-state index >= 15 is 0 Å². The lowest BCUT2D eigenvalue weighted by Crippen LogP contribution is -2.35. The predicted molar refractivity (Wildman–Crippen MR) is 72.2 cm³/mol.